The minimum atomic E-state index is -0.0269. The Morgan fingerprint density at radius 3 is 2.33 bits per heavy atom. The molecule has 2 heteroatoms. The molecule has 0 saturated heterocycles. The van der Waals surface area contributed by atoms with E-state index >= 15 is 0 Å². The SMILES string of the molecule is CCCCc1ccc(NCC(C)(CC)CO)cc1. The number of aliphatic hydroxyl groups excluding tert-OH is 1. The molecule has 1 aromatic carbocycles. The second kappa shape index (κ2) is 7.42. The molecule has 0 aromatic heterocycles. The molecule has 1 unspecified atom stereocenters. The molecule has 18 heavy (non-hydrogen) atoms. The van der Waals surface area contributed by atoms with Gasteiger partial charge in [-0.2, -0.15) is 0 Å². The highest BCUT2D eigenvalue weighted by atomic mass is 16.3. The van der Waals surface area contributed by atoms with Crippen molar-refractivity contribution in [2.24, 2.45) is 5.41 Å². The molecule has 2 N–H and O–H groups in total. The lowest BCUT2D eigenvalue weighted by Crippen LogP contribution is -2.29. The number of nitrogens with one attached hydrogen (secondary N) is 1. The molecule has 0 radical (unpaired) electrons. The van der Waals surface area contributed by atoms with Crippen molar-refractivity contribution in [2.45, 2.75) is 46.5 Å². The van der Waals surface area contributed by atoms with Gasteiger partial charge < -0.3 is 10.4 Å². The zero-order valence-corrected chi connectivity index (χ0v) is 12.0. The predicted molar refractivity (Wildman–Crippen MR) is 79.0 cm³/mol. The van der Waals surface area contributed by atoms with Crippen molar-refractivity contribution in [3.63, 3.8) is 0 Å². The molecular formula is C16H27NO. The Hall–Kier alpha value is -1.02. The van der Waals surface area contributed by atoms with Gasteiger partial charge in [0.25, 0.3) is 0 Å². The summed E-state index contributed by atoms with van der Waals surface area (Å²) in [4.78, 5) is 0. The molecule has 0 saturated carbocycles. The Labute approximate surface area is 111 Å². The molecule has 0 aliphatic carbocycles. The number of benzene rings is 1. The summed E-state index contributed by atoms with van der Waals surface area (Å²) < 4.78 is 0. The number of hydrogen-bond acceptors (Lipinski definition) is 2. The first-order chi connectivity index (χ1) is 8.63. The van der Waals surface area contributed by atoms with Crippen LogP contribution < -0.4 is 5.32 Å². The maximum atomic E-state index is 9.36. The first kappa shape index (κ1) is 15.0. The summed E-state index contributed by atoms with van der Waals surface area (Å²) in [7, 11) is 0. The van der Waals surface area contributed by atoms with Gasteiger partial charge in [-0.3, -0.25) is 0 Å². The maximum Gasteiger partial charge on any atom is 0.0501 e. The summed E-state index contributed by atoms with van der Waals surface area (Å²) >= 11 is 0. The van der Waals surface area contributed by atoms with Crippen LogP contribution in [0.5, 0.6) is 0 Å². The summed E-state index contributed by atoms with van der Waals surface area (Å²) in [6.07, 6.45) is 4.64. The van der Waals surface area contributed by atoms with Crippen molar-refractivity contribution in [1.29, 1.82) is 0 Å². The van der Waals surface area contributed by atoms with Crippen LogP contribution in [0.4, 0.5) is 5.69 Å². The molecule has 0 amide bonds. The van der Waals surface area contributed by atoms with Gasteiger partial charge in [0.15, 0.2) is 0 Å². The monoisotopic (exact) mass is 249 g/mol. The standard InChI is InChI=1S/C16H27NO/c1-4-6-7-14-8-10-15(11-9-14)17-12-16(3,5-2)13-18/h8-11,17-18H,4-7,12-13H2,1-3H3. The predicted octanol–water partition coefficient (Wildman–Crippen LogP) is 3.85. The van der Waals surface area contributed by atoms with Gasteiger partial charge >= 0.3 is 0 Å². The molecule has 0 aliphatic heterocycles. The van der Waals surface area contributed by atoms with Crippen LogP contribution in [0.3, 0.4) is 0 Å². The molecule has 0 bridgehead atoms. The smallest absolute Gasteiger partial charge is 0.0501 e. The molecule has 1 atom stereocenters. The fourth-order valence-electron chi connectivity index (χ4n) is 1.78. The van der Waals surface area contributed by atoms with Crippen molar-refractivity contribution in [3.8, 4) is 0 Å². The topological polar surface area (TPSA) is 32.3 Å². The molecule has 0 spiro atoms. The minimum absolute atomic E-state index is 0.0269. The Morgan fingerprint density at radius 2 is 1.83 bits per heavy atom. The van der Waals surface area contributed by atoms with E-state index in [9.17, 15) is 5.11 Å². The second-order valence-corrected chi connectivity index (χ2v) is 5.48. The van der Waals surface area contributed by atoms with Gasteiger partial charge in [-0.1, -0.05) is 39.3 Å². The highest BCUT2D eigenvalue weighted by Crippen LogP contribution is 2.21. The average molecular weight is 249 g/mol. The zero-order chi connectivity index (χ0) is 13.4. The van der Waals surface area contributed by atoms with Gasteiger partial charge in [0.05, 0.1) is 6.61 Å². The van der Waals surface area contributed by atoms with Crippen molar-refractivity contribution in [1.82, 2.24) is 0 Å². The molecule has 1 aromatic rings. The lowest BCUT2D eigenvalue weighted by Gasteiger charge is -2.26. The quantitative estimate of drug-likeness (QED) is 0.733. The van der Waals surface area contributed by atoms with Gasteiger partial charge in [0.2, 0.25) is 0 Å². The lowest BCUT2D eigenvalue weighted by molar-refractivity contribution is 0.149. The third kappa shape index (κ3) is 4.69. The van der Waals surface area contributed by atoms with E-state index in [0.717, 1.165) is 18.7 Å². The summed E-state index contributed by atoms with van der Waals surface area (Å²) in [5.74, 6) is 0. The fraction of sp³-hybridized carbons (Fsp3) is 0.625. The number of hydrogen-bond donors (Lipinski definition) is 2. The van der Waals surface area contributed by atoms with Crippen LogP contribution in [-0.4, -0.2) is 18.3 Å². The lowest BCUT2D eigenvalue weighted by atomic mass is 9.88. The third-order valence-electron chi connectivity index (χ3n) is 3.73. The summed E-state index contributed by atoms with van der Waals surface area (Å²) in [6.45, 7) is 7.48. The molecule has 0 aliphatic rings. The number of aryl methyl sites for hydroxylation is 1. The van der Waals surface area contributed by atoms with Crippen molar-refractivity contribution >= 4 is 5.69 Å². The number of unbranched alkanes of at least 4 members (excludes halogenated alkanes) is 1. The summed E-state index contributed by atoms with van der Waals surface area (Å²) in [5.41, 5.74) is 2.52. The van der Waals surface area contributed by atoms with E-state index in [0.29, 0.717) is 0 Å². The molecule has 1 rings (SSSR count). The van der Waals surface area contributed by atoms with Crippen LogP contribution in [-0.2, 0) is 6.42 Å². The van der Waals surface area contributed by atoms with Gasteiger partial charge in [0.1, 0.15) is 0 Å². The third-order valence-corrected chi connectivity index (χ3v) is 3.73. The molecule has 102 valence electrons. The van der Waals surface area contributed by atoms with E-state index in [2.05, 4.69) is 50.4 Å². The largest absolute Gasteiger partial charge is 0.396 e. The van der Waals surface area contributed by atoms with Gasteiger partial charge in [-0.05, 0) is 37.0 Å². The minimum Gasteiger partial charge on any atom is -0.396 e. The van der Waals surface area contributed by atoms with E-state index in [1.807, 2.05) is 0 Å². The van der Waals surface area contributed by atoms with E-state index < -0.39 is 0 Å². The van der Waals surface area contributed by atoms with E-state index in [-0.39, 0.29) is 12.0 Å². The fourth-order valence-corrected chi connectivity index (χ4v) is 1.78. The van der Waals surface area contributed by atoms with Gasteiger partial charge in [-0.15, -0.1) is 0 Å². The second-order valence-electron chi connectivity index (χ2n) is 5.48. The maximum absolute atomic E-state index is 9.36. The summed E-state index contributed by atoms with van der Waals surface area (Å²) in [5, 5.41) is 12.8. The Morgan fingerprint density at radius 1 is 1.17 bits per heavy atom. The van der Waals surface area contributed by atoms with Crippen molar-refractivity contribution < 1.29 is 5.11 Å². The van der Waals surface area contributed by atoms with Crippen LogP contribution in [0, 0.1) is 5.41 Å². The van der Waals surface area contributed by atoms with Crippen LogP contribution in [0.1, 0.15) is 45.6 Å². The van der Waals surface area contributed by atoms with Crippen LogP contribution in [0.15, 0.2) is 24.3 Å². The number of rotatable bonds is 8. The number of anilines is 1. The van der Waals surface area contributed by atoms with Gasteiger partial charge in [-0.25, -0.2) is 0 Å². The molecule has 2 nitrogen and oxygen atoms in total. The molecule has 0 fully saturated rings. The molecule has 0 heterocycles. The normalized spacial score (nSPS) is 14.2. The highest BCUT2D eigenvalue weighted by molar-refractivity contribution is 5.44. The number of aliphatic hydroxyl groups is 1. The van der Waals surface area contributed by atoms with Crippen LogP contribution in [0.2, 0.25) is 0 Å². The van der Waals surface area contributed by atoms with E-state index in [1.54, 1.807) is 0 Å². The van der Waals surface area contributed by atoms with Crippen LogP contribution >= 0.6 is 0 Å². The van der Waals surface area contributed by atoms with Crippen molar-refractivity contribution in [2.75, 3.05) is 18.5 Å². The first-order valence-corrected chi connectivity index (χ1v) is 7.07. The van der Waals surface area contributed by atoms with Gasteiger partial charge in [0, 0.05) is 17.6 Å². The average Bonchev–Trinajstić information content (AvgIpc) is 2.43. The Balaban J connectivity index is 2.48. The first-order valence-electron chi connectivity index (χ1n) is 7.07. The summed E-state index contributed by atoms with van der Waals surface area (Å²) in [6, 6.07) is 8.66. The Bertz CT molecular complexity index is 327. The van der Waals surface area contributed by atoms with E-state index in [4.69, 9.17) is 0 Å². The van der Waals surface area contributed by atoms with Crippen molar-refractivity contribution in [3.05, 3.63) is 29.8 Å². The molecular weight excluding hydrogens is 222 g/mol. The van der Waals surface area contributed by atoms with E-state index in [1.165, 1.54) is 24.8 Å². The zero-order valence-electron chi connectivity index (χ0n) is 12.0. The van der Waals surface area contributed by atoms with Crippen LogP contribution in [0.25, 0.3) is 0 Å². The Kier molecular flexibility index (Phi) is 6.20. The highest BCUT2D eigenvalue weighted by Gasteiger charge is 2.20.